The van der Waals surface area contributed by atoms with Crippen LogP contribution < -0.4 is 24.8 Å². The van der Waals surface area contributed by atoms with Crippen LogP contribution >= 0.6 is 15.9 Å². The van der Waals surface area contributed by atoms with E-state index in [1.54, 1.807) is 50.2 Å². The number of esters is 1. The summed E-state index contributed by atoms with van der Waals surface area (Å²) in [5, 5.41) is 5.11. The largest absolute Gasteiger partial charge is 0.495 e. The van der Waals surface area contributed by atoms with E-state index in [4.69, 9.17) is 18.9 Å². The second-order valence-corrected chi connectivity index (χ2v) is 8.33. The van der Waals surface area contributed by atoms with Gasteiger partial charge < -0.3 is 29.6 Å². The Hall–Kier alpha value is -4.06. The fraction of sp³-hybridized carbons (Fsp3) is 0.280. The van der Waals surface area contributed by atoms with E-state index in [-0.39, 0.29) is 18.9 Å². The number of nitrogens with one attached hydrogen (secondary N) is 2. The Labute approximate surface area is 221 Å². The summed E-state index contributed by atoms with van der Waals surface area (Å²) in [6.45, 7) is 3.23. The van der Waals surface area contributed by atoms with Crippen molar-refractivity contribution in [1.82, 2.24) is 10.2 Å². The molecule has 196 valence electrons. The van der Waals surface area contributed by atoms with E-state index in [0.29, 0.717) is 39.6 Å². The Balaban J connectivity index is 1.76. The van der Waals surface area contributed by atoms with Crippen LogP contribution in [0.5, 0.6) is 17.2 Å². The number of urea groups is 1. The normalized spacial score (nSPS) is 13.8. The summed E-state index contributed by atoms with van der Waals surface area (Å²) in [6.07, 6.45) is 1.44. The number of anilines is 1. The maximum atomic E-state index is 12.9. The molecule has 0 bridgehead atoms. The third-order valence-electron chi connectivity index (χ3n) is 4.96. The van der Waals surface area contributed by atoms with Crippen molar-refractivity contribution in [2.24, 2.45) is 0 Å². The minimum absolute atomic E-state index is 0.0292. The number of hydrogen-bond acceptors (Lipinski definition) is 8. The third-order valence-corrected chi connectivity index (χ3v) is 5.65. The van der Waals surface area contributed by atoms with Crippen molar-refractivity contribution in [2.75, 3.05) is 38.8 Å². The predicted molar refractivity (Wildman–Crippen MR) is 137 cm³/mol. The quantitative estimate of drug-likeness (QED) is 0.237. The fourth-order valence-corrected chi connectivity index (χ4v) is 3.77. The van der Waals surface area contributed by atoms with Gasteiger partial charge in [-0.15, -0.1) is 0 Å². The van der Waals surface area contributed by atoms with E-state index in [0.717, 1.165) is 4.90 Å². The van der Waals surface area contributed by atoms with Crippen molar-refractivity contribution >= 4 is 51.5 Å². The molecule has 1 aliphatic rings. The predicted octanol–water partition coefficient (Wildman–Crippen LogP) is 3.33. The Bertz CT molecular complexity index is 1230. The summed E-state index contributed by atoms with van der Waals surface area (Å²) in [5.74, 6) is -0.712. The first-order valence-electron chi connectivity index (χ1n) is 11.3. The molecule has 1 saturated heterocycles. The van der Waals surface area contributed by atoms with E-state index < -0.39 is 30.4 Å². The number of imide groups is 1. The van der Waals surface area contributed by atoms with E-state index in [1.165, 1.54) is 13.2 Å². The first-order chi connectivity index (χ1) is 17.8. The molecule has 0 atom stereocenters. The van der Waals surface area contributed by atoms with Crippen LogP contribution in [0.1, 0.15) is 19.4 Å². The number of amides is 4. The highest BCUT2D eigenvalue weighted by molar-refractivity contribution is 9.10. The second-order valence-electron chi connectivity index (χ2n) is 7.48. The summed E-state index contributed by atoms with van der Waals surface area (Å²) >= 11 is 3.41. The van der Waals surface area contributed by atoms with Crippen molar-refractivity contribution in [3.8, 4) is 17.2 Å². The van der Waals surface area contributed by atoms with Crippen molar-refractivity contribution in [3.05, 3.63) is 52.1 Å². The van der Waals surface area contributed by atoms with E-state index in [2.05, 4.69) is 26.6 Å². The van der Waals surface area contributed by atoms with Crippen LogP contribution in [0.4, 0.5) is 10.5 Å². The molecule has 4 amide bonds. The second kappa shape index (κ2) is 12.8. The number of ether oxygens (including phenoxy) is 4. The molecule has 0 spiro atoms. The lowest BCUT2D eigenvalue weighted by Crippen LogP contribution is -2.38. The van der Waals surface area contributed by atoms with Crippen LogP contribution in [0, 0.1) is 0 Å². The Morgan fingerprint density at radius 1 is 1.05 bits per heavy atom. The van der Waals surface area contributed by atoms with Crippen LogP contribution in [0.25, 0.3) is 6.08 Å². The Kier molecular flexibility index (Phi) is 9.50. The molecule has 2 N–H and O–H groups in total. The minimum atomic E-state index is -0.734. The van der Waals surface area contributed by atoms with E-state index in [9.17, 15) is 19.2 Å². The van der Waals surface area contributed by atoms with Gasteiger partial charge in [0.15, 0.2) is 18.1 Å². The molecule has 0 saturated carbocycles. The van der Waals surface area contributed by atoms with Gasteiger partial charge in [-0.1, -0.05) is 28.1 Å². The lowest BCUT2D eigenvalue weighted by atomic mass is 10.1. The molecule has 0 unspecified atom stereocenters. The zero-order valence-corrected chi connectivity index (χ0v) is 22.0. The van der Waals surface area contributed by atoms with Gasteiger partial charge in [-0.2, -0.15) is 0 Å². The van der Waals surface area contributed by atoms with Gasteiger partial charge in [-0.25, -0.2) is 14.5 Å². The highest BCUT2D eigenvalue weighted by Gasteiger charge is 2.35. The number of carbonyl (C=O) groups is 4. The highest BCUT2D eigenvalue weighted by atomic mass is 79.9. The molecule has 0 radical (unpaired) electrons. The third kappa shape index (κ3) is 7.00. The minimum Gasteiger partial charge on any atom is -0.495 e. The molecule has 2 aromatic carbocycles. The molecular formula is C25H26BrN3O8. The maximum absolute atomic E-state index is 12.9. The van der Waals surface area contributed by atoms with Crippen molar-refractivity contribution < 1.29 is 38.1 Å². The number of carbonyl (C=O) groups excluding carboxylic acids is 4. The van der Waals surface area contributed by atoms with Gasteiger partial charge in [0, 0.05) is 4.47 Å². The maximum Gasteiger partial charge on any atom is 0.344 e. The van der Waals surface area contributed by atoms with Crippen LogP contribution in [-0.4, -0.2) is 62.2 Å². The fourth-order valence-electron chi connectivity index (χ4n) is 3.33. The molecule has 37 heavy (non-hydrogen) atoms. The number of methoxy groups -OCH3 is 1. The zero-order chi connectivity index (χ0) is 26.9. The SMILES string of the molecule is CCOC(=O)COc1cc(Br)c(/C=C2/NC(=O)N(CC(=O)Nc3ccccc3OC)C2=O)cc1OCC. The summed E-state index contributed by atoms with van der Waals surface area (Å²) < 4.78 is 21.7. The number of nitrogens with zero attached hydrogens (tertiary/aromatic N) is 1. The van der Waals surface area contributed by atoms with Crippen LogP contribution in [0.2, 0.25) is 0 Å². The molecule has 12 heteroatoms. The van der Waals surface area contributed by atoms with Gasteiger partial charge in [0.2, 0.25) is 5.91 Å². The van der Waals surface area contributed by atoms with Gasteiger partial charge in [-0.3, -0.25) is 9.59 Å². The van der Waals surface area contributed by atoms with Crippen LogP contribution in [-0.2, 0) is 19.1 Å². The first-order valence-corrected chi connectivity index (χ1v) is 12.1. The van der Waals surface area contributed by atoms with Gasteiger partial charge in [-0.05, 0) is 49.8 Å². The number of rotatable bonds is 11. The van der Waals surface area contributed by atoms with Crippen LogP contribution in [0.15, 0.2) is 46.6 Å². The molecule has 1 aliphatic heterocycles. The van der Waals surface area contributed by atoms with Gasteiger partial charge in [0.1, 0.15) is 18.0 Å². The molecule has 11 nitrogen and oxygen atoms in total. The average molecular weight is 576 g/mol. The standard InChI is InChI=1S/C25H26BrN3O8/c1-4-35-20-11-15(16(26)12-21(20)37-14-23(31)36-5-2)10-18-24(32)29(25(33)28-18)13-22(30)27-17-8-6-7-9-19(17)34-3/h6-12H,4-5,13-14H2,1-3H3,(H,27,30)(H,28,33)/b18-10+. The Morgan fingerprint density at radius 2 is 1.78 bits per heavy atom. The van der Waals surface area contributed by atoms with Crippen LogP contribution in [0.3, 0.4) is 0 Å². The molecule has 1 fully saturated rings. The van der Waals surface area contributed by atoms with Crippen molar-refractivity contribution in [2.45, 2.75) is 13.8 Å². The monoisotopic (exact) mass is 575 g/mol. The number of para-hydroxylation sites is 2. The van der Waals surface area contributed by atoms with E-state index >= 15 is 0 Å². The lowest BCUT2D eigenvalue weighted by molar-refractivity contribution is -0.145. The molecule has 0 aromatic heterocycles. The van der Waals surface area contributed by atoms with Crippen molar-refractivity contribution in [3.63, 3.8) is 0 Å². The molecule has 1 heterocycles. The lowest BCUT2D eigenvalue weighted by Gasteiger charge is -2.14. The summed E-state index contributed by atoms with van der Waals surface area (Å²) in [4.78, 5) is 50.3. The highest BCUT2D eigenvalue weighted by Crippen LogP contribution is 2.35. The number of benzene rings is 2. The smallest absolute Gasteiger partial charge is 0.344 e. The average Bonchev–Trinajstić information content (AvgIpc) is 3.12. The van der Waals surface area contributed by atoms with Crippen molar-refractivity contribution in [1.29, 1.82) is 0 Å². The topological polar surface area (TPSA) is 132 Å². The first kappa shape index (κ1) is 27.5. The number of halogens is 1. The molecule has 2 aromatic rings. The van der Waals surface area contributed by atoms with Gasteiger partial charge in [0.05, 0.1) is 26.0 Å². The molecular weight excluding hydrogens is 550 g/mol. The summed E-state index contributed by atoms with van der Waals surface area (Å²) in [7, 11) is 1.47. The van der Waals surface area contributed by atoms with E-state index in [1.807, 2.05) is 0 Å². The number of hydrogen-bond donors (Lipinski definition) is 2. The zero-order valence-electron chi connectivity index (χ0n) is 20.5. The van der Waals surface area contributed by atoms with Gasteiger partial charge in [0.25, 0.3) is 5.91 Å². The summed E-state index contributed by atoms with van der Waals surface area (Å²) in [6, 6.07) is 9.22. The molecule has 0 aliphatic carbocycles. The van der Waals surface area contributed by atoms with Gasteiger partial charge >= 0.3 is 12.0 Å². The summed E-state index contributed by atoms with van der Waals surface area (Å²) in [5.41, 5.74) is 0.879. The molecule has 3 rings (SSSR count). The Morgan fingerprint density at radius 3 is 2.49 bits per heavy atom.